The summed E-state index contributed by atoms with van der Waals surface area (Å²) in [6, 6.07) is 7.06. The number of nitrogens with zero attached hydrogens (tertiary/aromatic N) is 5. The maximum atomic E-state index is 12.7. The zero-order chi connectivity index (χ0) is 22.7. The lowest BCUT2D eigenvalue weighted by molar-refractivity contribution is -0.124. The van der Waals surface area contributed by atoms with Gasteiger partial charge in [-0.15, -0.1) is 11.3 Å². The zero-order valence-corrected chi connectivity index (χ0v) is 18.3. The summed E-state index contributed by atoms with van der Waals surface area (Å²) in [6.45, 7) is 3.87. The first-order valence-electron chi connectivity index (χ1n) is 9.89. The minimum atomic E-state index is -0.350. The fraction of sp³-hybridized carbons (Fsp3) is 0.238. The summed E-state index contributed by atoms with van der Waals surface area (Å²) in [5.41, 5.74) is 2.18. The molecule has 2 N–H and O–H groups in total. The molecule has 1 aromatic carbocycles. The number of aromatic nitrogens is 5. The highest BCUT2D eigenvalue weighted by atomic mass is 32.1. The molecule has 0 aliphatic rings. The van der Waals surface area contributed by atoms with Crippen LogP contribution in [0.5, 0.6) is 0 Å². The Balaban J connectivity index is 1.27. The second-order valence-electron chi connectivity index (χ2n) is 7.17. The highest BCUT2D eigenvalue weighted by Crippen LogP contribution is 2.25. The summed E-state index contributed by atoms with van der Waals surface area (Å²) in [4.78, 5) is 46.9. The van der Waals surface area contributed by atoms with Gasteiger partial charge in [0.25, 0.3) is 5.56 Å². The number of amides is 2. The molecule has 10 nitrogen and oxygen atoms in total. The van der Waals surface area contributed by atoms with Crippen LogP contribution in [0.15, 0.2) is 48.0 Å². The molecule has 0 bridgehead atoms. The molecule has 0 aliphatic heterocycles. The first-order valence-corrected chi connectivity index (χ1v) is 10.7. The van der Waals surface area contributed by atoms with Gasteiger partial charge in [-0.2, -0.15) is 5.10 Å². The lowest BCUT2D eigenvalue weighted by Crippen LogP contribution is -2.34. The van der Waals surface area contributed by atoms with Crippen molar-refractivity contribution in [2.45, 2.75) is 26.8 Å². The number of aryl methyl sites for hydroxylation is 3. The quantitative estimate of drug-likeness (QED) is 0.442. The number of carbonyl (C=O) groups is 2. The molecule has 0 saturated heterocycles. The topological polar surface area (TPSA) is 124 Å². The highest BCUT2D eigenvalue weighted by molar-refractivity contribution is 7.18. The van der Waals surface area contributed by atoms with Gasteiger partial charge in [0.05, 0.1) is 23.9 Å². The number of hydrogen-bond acceptors (Lipinski definition) is 7. The molecule has 0 radical (unpaired) electrons. The van der Waals surface area contributed by atoms with Crippen LogP contribution < -0.4 is 16.2 Å². The van der Waals surface area contributed by atoms with Gasteiger partial charge < -0.3 is 10.6 Å². The van der Waals surface area contributed by atoms with Crippen LogP contribution in [0.3, 0.4) is 0 Å². The van der Waals surface area contributed by atoms with E-state index < -0.39 is 0 Å². The normalized spacial score (nSPS) is 10.9. The molecule has 32 heavy (non-hydrogen) atoms. The Hall–Kier alpha value is -3.86. The molecule has 0 saturated carbocycles. The summed E-state index contributed by atoms with van der Waals surface area (Å²) in [7, 11) is 0. The molecule has 2 amide bonds. The molecule has 164 valence electrons. The molecule has 0 aliphatic carbocycles. The number of nitrogens with one attached hydrogen (secondary N) is 2. The maximum absolute atomic E-state index is 12.7. The predicted molar refractivity (Wildman–Crippen MR) is 121 cm³/mol. The van der Waals surface area contributed by atoms with E-state index in [9.17, 15) is 14.4 Å². The monoisotopic (exact) mass is 451 g/mol. The van der Waals surface area contributed by atoms with E-state index in [1.165, 1.54) is 28.6 Å². The van der Waals surface area contributed by atoms with E-state index in [1.807, 2.05) is 13.8 Å². The summed E-state index contributed by atoms with van der Waals surface area (Å²) in [5, 5.41) is 9.93. The van der Waals surface area contributed by atoms with Crippen LogP contribution in [-0.4, -0.2) is 42.7 Å². The lowest BCUT2D eigenvalue weighted by Gasteiger charge is -2.09. The Morgan fingerprint density at radius 3 is 2.59 bits per heavy atom. The molecule has 0 fully saturated rings. The van der Waals surface area contributed by atoms with Crippen LogP contribution in [0.25, 0.3) is 15.9 Å². The Bertz CT molecular complexity index is 1320. The predicted octanol–water partition coefficient (Wildman–Crippen LogP) is 1.80. The maximum Gasteiger partial charge on any atom is 0.262 e. The third-order valence-electron chi connectivity index (χ3n) is 5.02. The van der Waals surface area contributed by atoms with Gasteiger partial charge >= 0.3 is 0 Å². The third kappa shape index (κ3) is 4.57. The van der Waals surface area contributed by atoms with E-state index in [2.05, 4.69) is 25.7 Å². The van der Waals surface area contributed by atoms with Crippen molar-refractivity contribution in [1.82, 2.24) is 29.6 Å². The molecule has 4 rings (SSSR count). The van der Waals surface area contributed by atoms with Crippen LogP contribution in [0.4, 0.5) is 5.69 Å². The van der Waals surface area contributed by atoms with Crippen molar-refractivity contribution in [2.75, 3.05) is 11.9 Å². The number of carbonyl (C=O) groups excluding carboxylic acids is 2. The van der Waals surface area contributed by atoms with Gasteiger partial charge in [0, 0.05) is 23.5 Å². The largest absolute Gasteiger partial charge is 0.347 e. The fourth-order valence-corrected chi connectivity index (χ4v) is 4.15. The first kappa shape index (κ1) is 21.4. The molecule has 11 heteroatoms. The number of benzene rings is 1. The smallest absolute Gasteiger partial charge is 0.262 e. The average molecular weight is 452 g/mol. The van der Waals surface area contributed by atoms with Crippen LogP contribution in [-0.2, 0) is 16.1 Å². The summed E-state index contributed by atoms with van der Waals surface area (Å²) in [6.07, 6.45) is 4.54. The van der Waals surface area contributed by atoms with E-state index in [4.69, 9.17) is 0 Å². The standard InChI is InChI=1S/C21H21N7O3S/c1-13-14(2)32-20-19(13)21(31)27(12-24-20)8-7-17(29)23-9-18(30)26-15-3-5-16(6-4-15)28-11-22-10-25-28/h3-6,10-12H,7-9H2,1-2H3,(H,23,29)(H,26,30). The Labute approximate surface area is 186 Å². The molecule has 0 unspecified atom stereocenters. The van der Waals surface area contributed by atoms with Gasteiger partial charge in [-0.1, -0.05) is 0 Å². The van der Waals surface area contributed by atoms with Gasteiger partial charge in [0.1, 0.15) is 17.5 Å². The minimum absolute atomic E-state index is 0.0646. The van der Waals surface area contributed by atoms with Crippen LogP contribution in [0.1, 0.15) is 16.9 Å². The highest BCUT2D eigenvalue weighted by Gasteiger charge is 2.13. The molecule has 3 aromatic heterocycles. The van der Waals surface area contributed by atoms with E-state index in [0.29, 0.717) is 15.9 Å². The SMILES string of the molecule is Cc1sc2ncn(CCC(=O)NCC(=O)Nc3ccc(-n4cncn4)cc3)c(=O)c2c1C. The molecular formula is C21H21N7O3S. The van der Waals surface area contributed by atoms with E-state index in [0.717, 1.165) is 16.1 Å². The van der Waals surface area contributed by atoms with E-state index in [-0.39, 0.29) is 36.9 Å². The van der Waals surface area contributed by atoms with Crippen molar-refractivity contribution < 1.29 is 9.59 Å². The van der Waals surface area contributed by atoms with Crippen molar-refractivity contribution in [3.63, 3.8) is 0 Å². The summed E-state index contributed by atoms with van der Waals surface area (Å²) >= 11 is 1.48. The third-order valence-corrected chi connectivity index (χ3v) is 6.13. The number of fused-ring (bicyclic) bond motifs is 1. The van der Waals surface area contributed by atoms with Crippen LogP contribution in [0.2, 0.25) is 0 Å². The fourth-order valence-electron chi connectivity index (χ4n) is 3.16. The van der Waals surface area contributed by atoms with Gasteiger partial charge in [-0.3, -0.25) is 19.0 Å². The van der Waals surface area contributed by atoms with Crippen molar-refractivity contribution in [3.8, 4) is 5.69 Å². The first-order chi connectivity index (χ1) is 15.4. The van der Waals surface area contributed by atoms with E-state index in [1.54, 1.807) is 35.3 Å². The van der Waals surface area contributed by atoms with Crippen LogP contribution in [0, 0.1) is 13.8 Å². The number of hydrogen-bond donors (Lipinski definition) is 2. The number of rotatable bonds is 7. The zero-order valence-electron chi connectivity index (χ0n) is 17.5. The van der Waals surface area contributed by atoms with Gasteiger partial charge in [0.15, 0.2) is 0 Å². The van der Waals surface area contributed by atoms with Crippen LogP contribution >= 0.6 is 11.3 Å². The average Bonchev–Trinajstić information content (AvgIpc) is 3.41. The minimum Gasteiger partial charge on any atom is -0.347 e. The van der Waals surface area contributed by atoms with Crippen molar-refractivity contribution >= 4 is 39.1 Å². The molecule has 3 heterocycles. The number of thiophene rings is 1. The van der Waals surface area contributed by atoms with Crippen molar-refractivity contribution in [2.24, 2.45) is 0 Å². The van der Waals surface area contributed by atoms with E-state index >= 15 is 0 Å². The van der Waals surface area contributed by atoms with Gasteiger partial charge in [-0.25, -0.2) is 14.6 Å². The van der Waals surface area contributed by atoms with Crippen molar-refractivity contribution in [3.05, 3.63) is 64.0 Å². The number of anilines is 1. The van der Waals surface area contributed by atoms with Crippen molar-refractivity contribution in [1.29, 1.82) is 0 Å². The Morgan fingerprint density at radius 2 is 1.88 bits per heavy atom. The molecular weight excluding hydrogens is 430 g/mol. The Kier molecular flexibility index (Phi) is 6.08. The lowest BCUT2D eigenvalue weighted by atomic mass is 10.2. The molecule has 4 aromatic rings. The Morgan fingerprint density at radius 1 is 1.09 bits per heavy atom. The second-order valence-corrected chi connectivity index (χ2v) is 8.37. The van der Waals surface area contributed by atoms with Gasteiger partial charge in [0.2, 0.25) is 11.8 Å². The second kappa shape index (κ2) is 9.10. The molecule has 0 atom stereocenters. The summed E-state index contributed by atoms with van der Waals surface area (Å²) < 4.78 is 3.03. The van der Waals surface area contributed by atoms with Gasteiger partial charge in [-0.05, 0) is 43.7 Å². The summed E-state index contributed by atoms with van der Waals surface area (Å²) in [5.74, 6) is -0.677. The molecule has 0 spiro atoms.